The van der Waals surface area contributed by atoms with E-state index in [1.807, 2.05) is 6.92 Å². The molecule has 0 aliphatic carbocycles. The number of carbonyl (C=O) groups is 2. The Labute approximate surface area is 178 Å². The zero-order chi connectivity index (χ0) is 22.4. The third-order valence-electron chi connectivity index (χ3n) is 4.79. The van der Waals surface area contributed by atoms with Crippen LogP contribution >= 0.6 is 0 Å². The van der Waals surface area contributed by atoms with Gasteiger partial charge in [0.15, 0.2) is 0 Å². The molecule has 160 valence electrons. The normalized spacial score (nSPS) is 10.4. The van der Waals surface area contributed by atoms with Gasteiger partial charge in [0.25, 0.3) is 11.6 Å². The zero-order valence-corrected chi connectivity index (χ0v) is 17.1. The highest BCUT2D eigenvalue weighted by atomic mass is 16.6. The van der Waals surface area contributed by atoms with Gasteiger partial charge in [-0.15, -0.1) is 0 Å². The highest BCUT2D eigenvalue weighted by molar-refractivity contribution is 6.01. The molecule has 0 spiro atoms. The number of para-hydroxylation sites is 1. The van der Waals surface area contributed by atoms with Crippen molar-refractivity contribution in [1.82, 2.24) is 5.32 Å². The summed E-state index contributed by atoms with van der Waals surface area (Å²) in [5, 5.41) is 19.6. The average Bonchev–Trinajstić information content (AvgIpc) is 3.27. The van der Waals surface area contributed by atoms with E-state index in [1.54, 1.807) is 49.4 Å². The molecule has 31 heavy (non-hydrogen) atoms. The van der Waals surface area contributed by atoms with E-state index >= 15 is 0 Å². The molecule has 2 aromatic carbocycles. The lowest BCUT2D eigenvalue weighted by atomic mass is 10.1. The smallest absolute Gasteiger partial charge is 0.293 e. The van der Waals surface area contributed by atoms with E-state index in [0.717, 1.165) is 5.56 Å². The molecule has 3 rings (SSSR count). The van der Waals surface area contributed by atoms with Crippen LogP contribution in [0.25, 0.3) is 0 Å². The topological polar surface area (TPSA) is 127 Å². The highest BCUT2D eigenvalue weighted by Gasteiger charge is 2.19. The van der Waals surface area contributed by atoms with Crippen LogP contribution in [0, 0.1) is 24.0 Å². The second kappa shape index (κ2) is 9.57. The van der Waals surface area contributed by atoms with Crippen molar-refractivity contribution in [2.24, 2.45) is 0 Å². The molecular formula is C22H22N4O5. The molecule has 0 radical (unpaired) electrons. The van der Waals surface area contributed by atoms with Crippen molar-refractivity contribution in [2.75, 3.05) is 17.2 Å². The lowest BCUT2D eigenvalue weighted by Crippen LogP contribution is -2.26. The Balaban J connectivity index is 1.67. The molecule has 0 aliphatic rings. The summed E-state index contributed by atoms with van der Waals surface area (Å²) in [5.41, 5.74) is 2.27. The van der Waals surface area contributed by atoms with Crippen LogP contribution in [0.5, 0.6) is 0 Å². The Hall–Kier alpha value is -4.14. The third kappa shape index (κ3) is 5.27. The van der Waals surface area contributed by atoms with Gasteiger partial charge in [-0.3, -0.25) is 19.7 Å². The number of hydrogen-bond acceptors (Lipinski definition) is 6. The van der Waals surface area contributed by atoms with Crippen molar-refractivity contribution in [3.8, 4) is 0 Å². The second-order valence-corrected chi connectivity index (χ2v) is 6.87. The summed E-state index contributed by atoms with van der Waals surface area (Å²) in [5.74, 6) is -0.180. The van der Waals surface area contributed by atoms with Gasteiger partial charge in [-0.25, -0.2) is 0 Å². The van der Waals surface area contributed by atoms with Gasteiger partial charge in [0.2, 0.25) is 5.91 Å². The first-order chi connectivity index (χ1) is 14.9. The van der Waals surface area contributed by atoms with E-state index in [9.17, 15) is 19.7 Å². The van der Waals surface area contributed by atoms with Crippen LogP contribution in [0.3, 0.4) is 0 Å². The van der Waals surface area contributed by atoms with Crippen LogP contribution in [0.1, 0.15) is 27.2 Å². The molecule has 3 aromatic rings. The van der Waals surface area contributed by atoms with E-state index in [-0.39, 0.29) is 30.4 Å². The molecule has 0 bridgehead atoms. The van der Waals surface area contributed by atoms with E-state index < -0.39 is 10.8 Å². The fourth-order valence-electron chi connectivity index (χ4n) is 2.98. The van der Waals surface area contributed by atoms with Crippen LogP contribution in [0.4, 0.5) is 17.1 Å². The number of benzene rings is 2. The second-order valence-electron chi connectivity index (χ2n) is 6.87. The number of nitrogens with zero attached hydrogens (tertiary/aromatic N) is 1. The number of nitro benzene ring substituents is 1. The maximum atomic E-state index is 12.5. The maximum Gasteiger partial charge on any atom is 0.293 e. The molecule has 0 saturated heterocycles. The summed E-state index contributed by atoms with van der Waals surface area (Å²) in [6.07, 6.45) is 1.52. The van der Waals surface area contributed by atoms with Crippen LogP contribution in [0.15, 0.2) is 59.2 Å². The lowest BCUT2D eigenvalue weighted by Gasteiger charge is -2.14. The predicted molar refractivity (Wildman–Crippen MR) is 116 cm³/mol. The summed E-state index contributed by atoms with van der Waals surface area (Å²) in [7, 11) is 0. The standard InChI is InChI=1S/C22H22N4O5/c1-14-9-10-19(26(29)30)21(15(14)2)25-20(27)13-23-18-8-4-3-7-17(18)22(28)24-12-16-6-5-11-31-16/h3-11,23H,12-13H2,1-2H3,(H,24,28)(H,25,27). The van der Waals surface area contributed by atoms with Gasteiger partial charge in [-0.2, -0.15) is 0 Å². The van der Waals surface area contributed by atoms with Crippen molar-refractivity contribution in [2.45, 2.75) is 20.4 Å². The van der Waals surface area contributed by atoms with E-state index in [2.05, 4.69) is 16.0 Å². The predicted octanol–water partition coefficient (Wildman–Crippen LogP) is 3.79. The zero-order valence-electron chi connectivity index (χ0n) is 17.1. The van der Waals surface area contributed by atoms with Gasteiger partial charge in [0.05, 0.1) is 29.8 Å². The molecule has 0 fully saturated rings. The molecule has 0 atom stereocenters. The highest BCUT2D eigenvalue weighted by Crippen LogP contribution is 2.30. The molecule has 3 N–H and O–H groups in total. The molecule has 9 heteroatoms. The summed E-state index contributed by atoms with van der Waals surface area (Å²) < 4.78 is 5.20. The van der Waals surface area contributed by atoms with Crippen molar-refractivity contribution in [3.63, 3.8) is 0 Å². The first kappa shape index (κ1) is 21.6. The lowest BCUT2D eigenvalue weighted by molar-refractivity contribution is -0.384. The van der Waals surface area contributed by atoms with Crippen molar-refractivity contribution < 1.29 is 18.9 Å². The molecule has 0 aliphatic heterocycles. The van der Waals surface area contributed by atoms with Gasteiger partial charge < -0.3 is 20.4 Å². The quantitative estimate of drug-likeness (QED) is 0.374. The minimum Gasteiger partial charge on any atom is -0.467 e. The summed E-state index contributed by atoms with van der Waals surface area (Å²) >= 11 is 0. The van der Waals surface area contributed by atoms with E-state index in [0.29, 0.717) is 22.6 Å². The Morgan fingerprint density at radius 3 is 2.55 bits per heavy atom. The fourth-order valence-corrected chi connectivity index (χ4v) is 2.98. The molecule has 2 amide bonds. The first-order valence-electron chi connectivity index (χ1n) is 9.54. The number of aryl methyl sites for hydroxylation is 1. The van der Waals surface area contributed by atoms with E-state index in [1.165, 1.54) is 12.3 Å². The average molecular weight is 422 g/mol. The monoisotopic (exact) mass is 422 g/mol. The SMILES string of the molecule is Cc1ccc([N+](=O)[O-])c(NC(=O)CNc2ccccc2C(=O)NCc2ccco2)c1C. The fraction of sp³-hybridized carbons (Fsp3) is 0.182. The Morgan fingerprint density at radius 1 is 1.06 bits per heavy atom. The number of nitrogens with one attached hydrogen (secondary N) is 3. The van der Waals surface area contributed by atoms with Gasteiger partial charge in [-0.05, 0) is 49.2 Å². The Bertz CT molecular complexity index is 1110. The van der Waals surface area contributed by atoms with E-state index in [4.69, 9.17) is 4.42 Å². The molecular weight excluding hydrogens is 400 g/mol. The number of furan rings is 1. The van der Waals surface area contributed by atoms with Crippen LogP contribution in [-0.2, 0) is 11.3 Å². The van der Waals surface area contributed by atoms with Gasteiger partial charge in [-0.1, -0.05) is 18.2 Å². The van der Waals surface area contributed by atoms with Crippen molar-refractivity contribution in [1.29, 1.82) is 0 Å². The number of amides is 2. The van der Waals surface area contributed by atoms with Crippen molar-refractivity contribution in [3.05, 3.63) is 87.4 Å². The van der Waals surface area contributed by atoms with Gasteiger partial charge >= 0.3 is 0 Å². The Morgan fingerprint density at radius 2 is 1.84 bits per heavy atom. The minimum atomic E-state index is -0.534. The minimum absolute atomic E-state index is 0.168. The largest absolute Gasteiger partial charge is 0.467 e. The summed E-state index contributed by atoms with van der Waals surface area (Å²) in [6, 6.07) is 13.2. The number of anilines is 2. The molecule has 1 aromatic heterocycles. The molecule has 0 saturated carbocycles. The third-order valence-corrected chi connectivity index (χ3v) is 4.79. The van der Waals surface area contributed by atoms with Gasteiger partial charge in [0.1, 0.15) is 11.4 Å². The number of hydrogen-bond donors (Lipinski definition) is 3. The van der Waals surface area contributed by atoms with Crippen LogP contribution in [-0.4, -0.2) is 23.3 Å². The van der Waals surface area contributed by atoms with Crippen LogP contribution < -0.4 is 16.0 Å². The van der Waals surface area contributed by atoms with Crippen LogP contribution in [0.2, 0.25) is 0 Å². The number of carbonyl (C=O) groups excluding carboxylic acids is 2. The number of rotatable bonds is 8. The molecule has 1 heterocycles. The summed E-state index contributed by atoms with van der Waals surface area (Å²) in [6.45, 7) is 3.58. The molecule has 9 nitrogen and oxygen atoms in total. The Kier molecular flexibility index (Phi) is 6.66. The summed E-state index contributed by atoms with van der Waals surface area (Å²) in [4.78, 5) is 35.8. The van der Waals surface area contributed by atoms with Crippen molar-refractivity contribution >= 4 is 28.9 Å². The number of nitro groups is 1. The van der Waals surface area contributed by atoms with Gasteiger partial charge in [0, 0.05) is 11.8 Å². The first-order valence-corrected chi connectivity index (χ1v) is 9.54. The maximum absolute atomic E-state index is 12.5. The molecule has 0 unspecified atom stereocenters.